The summed E-state index contributed by atoms with van der Waals surface area (Å²) in [6.07, 6.45) is 2.08. The maximum absolute atomic E-state index is 12.3. The van der Waals surface area contributed by atoms with Crippen LogP contribution in [0.1, 0.15) is 30.9 Å². The van der Waals surface area contributed by atoms with Crippen LogP contribution in [-0.4, -0.2) is 29.9 Å². The standard InChI is InChI=1S/C15H22N4O/c1-10-6-8-19(9-7-10)15(20)18-12-5-3-4-11(2)13(12)14(16)17/h3-5,10H,6-9H2,1-2H3,(H3,16,17)(H,18,20). The summed E-state index contributed by atoms with van der Waals surface area (Å²) < 4.78 is 0. The van der Waals surface area contributed by atoms with Gasteiger partial charge in [-0.1, -0.05) is 19.1 Å². The summed E-state index contributed by atoms with van der Waals surface area (Å²) in [6, 6.07) is 5.42. The second-order valence-electron chi connectivity index (χ2n) is 5.51. The lowest BCUT2D eigenvalue weighted by Crippen LogP contribution is -2.40. The molecule has 0 radical (unpaired) electrons. The fourth-order valence-electron chi connectivity index (χ4n) is 2.54. The predicted molar refractivity (Wildman–Crippen MR) is 81.2 cm³/mol. The first-order valence-corrected chi connectivity index (χ1v) is 6.99. The lowest BCUT2D eigenvalue weighted by atomic mass is 9.99. The molecule has 2 rings (SSSR count). The number of likely N-dealkylation sites (tertiary alicyclic amines) is 1. The molecule has 1 aromatic rings. The summed E-state index contributed by atoms with van der Waals surface area (Å²) in [6.45, 7) is 5.67. The molecule has 0 spiro atoms. The molecule has 1 heterocycles. The van der Waals surface area contributed by atoms with Gasteiger partial charge >= 0.3 is 6.03 Å². The normalized spacial score (nSPS) is 16.0. The SMILES string of the molecule is Cc1cccc(NC(=O)N2CCC(C)CC2)c1C(=N)N. The second kappa shape index (κ2) is 5.94. The average molecular weight is 274 g/mol. The first kappa shape index (κ1) is 14.4. The van der Waals surface area contributed by atoms with E-state index in [0.717, 1.165) is 31.5 Å². The van der Waals surface area contributed by atoms with Gasteiger partial charge in [-0.15, -0.1) is 0 Å². The number of benzene rings is 1. The molecule has 5 nitrogen and oxygen atoms in total. The van der Waals surface area contributed by atoms with Crippen LogP contribution >= 0.6 is 0 Å². The molecule has 0 aliphatic carbocycles. The third kappa shape index (κ3) is 3.10. The molecule has 2 amide bonds. The topological polar surface area (TPSA) is 82.2 Å². The van der Waals surface area contributed by atoms with Gasteiger partial charge in [0.25, 0.3) is 0 Å². The van der Waals surface area contributed by atoms with Crippen LogP contribution in [0.15, 0.2) is 18.2 Å². The van der Waals surface area contributed by atoms with Crippen LogP contribution < -0.4 is 11.1 Å². The molecule has 0 bridgehead atoms. The molecular weight excluding hydrogens is 252 g/mol. The average Bonchev–Trinajstić information content (AvgIpc) is 2.39. The van der Waals surface area contributed by atoms with Crippen molar-refractivity contribution >= 4 is 17.6 Å². The highest BCUT2D eigenvalue weighted by atomic mass is 16.2. The zero-order valence-corrected chi connectivity index (χ0v) is 12.1. The van der Waals surface area contributed by atoms with Crippen LogP contribution in [-0.2, 0) is 0 Å². The number of nitrogens with zero attached hydrogens (tertiary/aromatic N) is 1. The van der Waals surface area contributed by atoms with Crippen LogP contribution in [0.5, 0.6) is 0 Å². The number of aryl methyl sites for hydroxylation is 1. The first-order valence-electron chi connectivity index (χ1n) is 6.99. The highest BCUT2D eigenvalue weighted by Crippen LogP contribution is 2.21. The smallest absolute Gasteiger partial charge is 0.321 e. The molecule has 0 saturated carbocycles. The van der Waals surface area contributed by atoms with Crippen molar-refractivity contribution in [2.75, 3.05) is 18.4 Å². The van der Waals surface area contributed by atoms with E-state index in [-0.39, 0.29) is 11.9 Å². The molecule has 20 heavy (non-hydrogen) atoms. The number of amidine groups is 1. The fourth-order valence-corrected chi connectivity index (χ4v) is 2.54. The van der Waals surface area contributed by atoms with Gasteiger partial charge in [-0.3, -0.25) is 5.41 Å². The summed E-state index contributed by atoms with van der Waals surface area (Å²) in [5, 5.41) is 10.5. The number of nitrogens with one attached hydrogen (secondary N) is 2. The second-order valence-corrected chi connectivity index (χ2v) is 5.51. The van der Waals surface area contributed by atoms with Crippen molar-refractivity contribution in [1.29, 1.82) is 5.41 Å². The molecule has 4 N–H and O–H groups in total. The number of amides is 2. The van der Waals surface area contributed by atoms with E-state index >= 15 is 0 Å². The Morgan fingerprint density at radius 1 is 1.40 bits per heavy atom. The number of hydrogen-bond donors (Lipinski definition) is 3. The molecular formula is C15H22N4O. The minimum Gasteiger partial charge on any atom is -0.384 e. The third-order valence-corrected chi connectivity index (χ3v) is 3.85. The van der Waals surface area contributed by atoms with E-state index in [1.807, 2.05) is 24.0 Å². The van der Waals surface area contributed by atoms with Crippen molar-refractivity contribution in [3.05, 3.63) is 29.3 Å². The number of anilines is 1. The van der Waals surface area contributed by atoms with E-state index < -0.39 is 0 Å². The van der Waals surface area contributed by atoms with Crippen LogP contribution in [0.3, 0.4) is 0 Å². The number of hydrogen-bond acceptors (Lipinski definition) is 2. The van der Waals surface area contributed by atoms with Crippen molar-refractivity contribution in [3.63, 3.8) is 0 Å². The molecule has 1 fully saturated rings. The van der Waals surface area contributed by atoms with Crippen molar-refractivity contribution in [1.82, 2.24) is 4.90 Å². The number of nitrogen functional groups attached to an aromatic ring is 1. The van der Waals surface area contributed by atoms with E-state index in [2.05, 4.69) is 12.2 Å². The van der Waals surface area contributed by atoms with Crippen molar-refractivity contribution in [2.45, 2.75) is 26.7 Å². The molecule has 1 aliphatic rings. The van der Waals surface area contributed by atoms with Gasteiger partial charge in [0.15, 0.2) is 0 Å². The molecule has 0 atom stereocenters. The Morgan fingerprint density at radius 2 is 2.05 bits per heavy atom. The van der Waals surface area contributed by atoms with Gasteiger partial charge in [-0.25, -0.2) is 4.79 Å². The summed E-state index contributed by atoms with van der Waals surface area (Å²) in [5.41, 5.74) is 7.71. The van der Waals surface area contributed by atoms with E-state index in [1.54, 1.807) is 6.07 Å². The number of carbonyl (C=O) groups excluding carboxylic acids is 1. The van der Waals surface area contributed by atoms with E-state index in [1.165, 1.54) is 0 Å². The van der Waals surface area contributed by atoms with Crippen LogP contribution in [0, 0.1) is 18.3 Å². The summed E-state index contributed by atoms with van der Waals surface area (Å²) in [5.74, 6) is 0.663. The van der Waals surface area contributed by atoms with Crippen LogP contribution in [0.25, 0.3) is 0 Å². The van der Waals surface area contributed by atoms with E-state index in [0.29, 0.717) is 17.2 Å². The number of piperidine rings is 1. The lowest BCUT2D eigenvalue weighted by Gasteiger charge is -2.30. The molecule has 1 aliphatic heterocycles. The van der Waals surface area contributed by atoms with Crippen molar-refractivity contribution in [2.24, 2.45) is 11.7 Å². The number of nitrogens with two attached hydrogens (primary N) is 1. The fraction of sp³-hybridized carbons (Fsp3) is 0.467. The van der Waals surface area contributed by atoms with Gasteiger partial charge in [0.2, 0.25) is 0 Å². The van der Waals surface area contributed by atoms with Gasteiger partial charge in [-0.05, 0) is 37.3 Å². The van der Waals surface area contributed by atoms with Crippen molar-refractivity contribution in [3.8, 4) is 0 Å². The maximum atomic E-state index is 12.3. The molecule has 1 saturated heterocycles. The predicted octanol–water partition coefficient (Wildman–Crippen LogP) is 2.54. The quantitative estimate of drug-likeness (QED) is 0.572. The Bertz CT molecular complexity index is 519. The molecule has 1 aromatic carbocycles. The van der Waals surface area contributed by atoms with Gasteiger partial charge < -0.3 is 16.0 Å². The van der Waals surface area contributed by atoms with Gasteiger partial charge in [0, 0.05) is 18.7 Å². The summed E-state index contributed by atoms with van der Waals surface area (Å²) in [4.78, 5) is 14.1. The van der Waals surface area contributed by atoms with Crippen LogP contribution in [0.4, 0.5) is 10.5 Å². The maximum Gasteiger partial charge on any atom is 0.321 e. The molecule has 0 aromatic heterocycles. The summed E-state index contributed by atoms with van der Waals surface area (Å²) >= 11 is 0. The van der Waals surface area contributed by atoms with Gasteiger partial charge in [-0.2, -0.15) is 0 Å². The number of carbonyl (C=O) groups is 1. The van der Waals surface area contributed by atoms with Crippen LogP contribution in [0.2, 0.25) is 0 Å². The van der Waals surface area contributed by atoms with Crippen molar-refractivity contribution < 1.29 is 4.79 Å². The zero-order chi connectivity index (χ0) is 14.7. The largest absolute Gasteiger partial charge is 0.384 e. The minimum absolute atomic E-state index is 0.0225. The summed E-state index contributed by atoms with van der Waals surface area (Å²) in [7, 11) is 0. The first-order chi connectivity index (χ1) is 9.49. The number of urea groups is 1. The Kier molecular flexibility index (Phi) is 4.27. The zero-order valence-electron chi connectivity index (χ0n) is 12.1. The minimum atomic E-state index is -0.106. The Morgan fingerprint density at radius 3 is 2.65 bits per heavy atom. The Labute approximate surface area is 119 Å². The molecule has 5 heteroatoms. The van der Waals surface area contributed by atoms with E-state index in [4.69, 9.17) is 11.1 Å². The lowest BCUT2D eigenvalue weighted by molar-refractivity contribution is 0.186. The van der Waals surface area contributed by atoms with Gasteiger partial charge in [0.1, 0.15) is 5.84 Å². The number of rotatable bonds is 2. The van der Waals surface area contributed by atoms with E-state index in [9.17, 15) is 4.79 Å². The highest BCUT2D eigenvalue weighted by molar-refractivity contribution is 6.05. The Hall–Kier alpha value is -2.04. The third-order valence-electron chi connectivity index (χ3n) is 3.85. The molecule has 0 unspecified atom stereocenters. The van der Waals surface area contributed by atoms with Gasteiger partial charge in [0.05, 0.1) is 5.69 Å². The highest BCUT2D eigenvalue weighted by Gasteiger charge is 2.21. The monoisotopic (exact) mass is 274 g/mol. The Balaban J connectivity index is 2.12. The molecule has 108 valence electrons.